The molecule has 0 bridgehead atoms. The predicted octanol–water partition coefficient (Wildman–Crippen LogP) is 6.07. The third-order valence-corrected chi connectivity index (χ3v) is 7.10. The molecule has 1 N–H and O–H groups in total. The van der Waals surface area contributed by atoms with Crippen LogP contribution >= 0.6 is 19.0 Å². The zero-order valence-electron chi connectivity index (χ0n) is 16.0. The van der Waals surface area contributed by atoms with Gasteiger partial charge in [-0.25, -0.2) is 0 Å². The largest absolute Gasteiger partial charge is 0.332 e. The van der Waals surface area contributed by atoms with Crippen molar-refractivity contribution in [3.8, 4) is 0 Å². The topological polar surface area (TPSA) is 55.4 Å². The first-order valence-electron chi connectivity index (χ1n) is 9.05. The number of benzene rings is 2. The van der Waals surface area contributed by atoms with Gasteiger partial charge in [0.25, 0.3) is 0 Å². The van der Waals surface area contributed by atoms with Gasteiger partial charge in [-0.15, -0.1) is 0 Å². The van der Waals surface area contributed by atoms with Crippen molar-refractivity contribution in [3.63, 3.8) is 0 Å². The van der Waals surface area contributed by atoms with Crippen LogP contribution in [0.5, 0.6) is 0 Å². The van der Waals surface area contributed by atoms with E-state index in [0.717, 1.165) is 5.56 Å². The SMILES string of the molecule is COP(=O)(Cc1ccccc1)CC(CC(C)C)C(=O)Nc1ccc(Cl)cc1. The average Bonchev–Trinajstić information content (AvgIpc) is 2.63. The molecule has 0 spiro atoms. The number of nitrogens with one attached hydrogen (secondary N) is 1. The first-order valence-corrected chi connectivity index (χ1v) is 11.4. The van der Waals surface area contributed by atoms with Crippen LogP contribution in [0.4, 0.5) is 5.69 Å². The third-order valence-electron chi connectivity index (χ3n) is 4.34. The van der Waals surface area contributed by atoms with Crippen LogP contribution in [0.2, 0.25) is 5.02 Å². The van der Waals surface area contributed by atoms with Crippen LogP contribution in [0.1, 0.15) is 25.8 Å². The second kappa shape index (κ2) is 10.1. The van der Waals surface area contributed by atoms with E-state index in [1.54, 1.807) is 24.3 Å². The van der Waals surface area contributed by atoms with E-state index in [1.165, 1.54) is 7.11 Å². The molecule has 0 aliphatic heterocycles. The molecule has 0 saturated heterocycles. The third kappa shape index (κ3) is 7.14. The maximum Gasteiger partial charge on any atom is 0.228 e. The Balaban J connectivity index is 2.14. The van der Waals surface area contributed by atoms with Crippen molar-refractivity contribution in [2.75, 3.05) is 18.6 Å². The Morgan fingerprint density at radius 3 is 2.30 bits per heavy atom. The smallest absolute Gasteiger partial charge is 0.228 e. The normalized spacial score (nSPS) is 14.6. The van der Waals surface area contributed by atoms with E-state index in [4.69, 9.17) is 16.1 Å². The number of carbonyl (C=O) groups excluding carboxylic acids is 1. The standard InChI is InChI=1S/C21H27ClNO3P/c1-16(2)13-18(21(24)23-20-11-9-19(22)10-12-20)15-27(25,26-3)14-17-7-5-4-6-8-17/h4-12,16,18H,13-15H2,1-3H3,(H,23,24). The van der Waals surface area contributed by atoms with E-state index in [9.17, 15) is 9.36 Å². The molecule has 0 aromatic heterocycles. The number of amides is 1. The van der Waals surface area contributed by atoms with E-state index in [0.29, 0.717) is 29.2 Å². The molecule has 2 aromatic carbocycles. The Kier molecular flexibility index (Phi) is 8.09. The predicted molar refractivity (Wildman–Crippen MR) is 113 cm³/mol. The van der Waals surface area contributed by atoms with Crippen molar-refractivity contribution >= 4 is 30.6 Å². The van der Waals surface area contributed by atoms with Gasteiger partial charge in [-0.1, -0.05) is 55.8 Å². The van der Waals surface area contributed by atoms with Crippen LogP contribution in [0.15, 0.2) is 54.6 Å². The molecule has 27 heavy (non-hydrogen) atoms. The molecule has 146 valence electrons. The fourth-order valence-electron chi connectivity index (χ4n) is 3.01. The summed E-state index contributed by atoms with van der Waals surface area (Å²) in [7, 11) is -1.52. The molecular formula is C21H27ClNO3P. The van der Waals surface area contributed by atoms with Gasteiger partial charge < -0.3 is 9.84 Å². The first-order chi connectivity index (χ1) is 12.8. The van der Waals surface area contributed by atoms with Crippen LogP contribution in [0.3, 0.4) is 0 Å². The summed E-state index contributed by atoms with van der Waals surface area (Å²) < 4.78 is 18.8. The summed E-state index contributed by atoms with van der Waals surface area (Å²) in [4.78, 5) is 12.9. The Morgan fingerprint density at radius 2 is 1.74 bits per heavy atom. The van der Waals surface area contributed by atoms with E-state index >= 15 is 0 Å². The van der Waals surface area contributed by atoms with Gasteiger partial charge in [0.1, 0.15) is 0 Å². The van der Waals surface area contributed by atoms with Crippen LogP contribution in [-0.4, -0.2) is 19.2 Å². The summed E-state index contributed by atoms with van der Waals surface area (Å²) >= 11 is 5.90. The molecule has 2 rings (SSSR count). The van der Waals surface area contributed by atoms with E-state index in [-0.39, 0.29) is 12.1 Å². The number of carbonyl (C=O) groups is 1. The highest BCUT2D eigenvalue weighted by Crippen LogP contribution is 2.51. The number of anilines is 1. The monoisotopic (exact) mass is 407 g/mol. The Labute approximate surface area is 166 Å². The lowest BCUT2D eigenvalue weighted by atomic mass is 9.98. The molecule has 1 amide bonds. The summed E-state index contributed by atoms with van der Waals surface area (Å²) in [6, 6.07) is 16.6. The van der Waals surface area contributed by atoms with Gasteiger partial charge >= 0.3 is 0 Å². The summed E-state index contributed by atoms with van der Waals surface area (Å²) in [6.45, 7) is 4.11. The molecule has 0 saturated carbocycles. The molecule has 0 radical (unpaired) electrons. The molecule has 0 aliphatic carbocycles. The molecular weight excluding hydrogens is 381 g/mol. The first kappa shape index (κ1) is 21.7. The van der Waals surface area contributed by atoms with Gasteiger partial charge in [-0.2, -0.15) is 0 Å². The number of halogens is 1. The highest BCUT2D eigenvalue weighted by Gasteiger charge is 2.31. The summed E-state index contributed by atoms with van der Waals surface area (Å²) in [5, 5.41) is 3.52. The van der Waals surface area contributed by atoms with Crippen LogP contribution < -0.4 is 5.32 Å². The quantitative estimate of drug-likeness (QED) is 0.513. The number of rotatable bonds is 9. The van der Waals surface area contributed by atoms with Crippen LogP contribution in [-0.2, 0) is 20.0 Å². The van der Waals surface area contributed by atoms with Gasteiger partial charge in [0.2, 0.25) is 13.3 Å². The van der Waals surface area contributed by atoms with Gasteiger partial charge in [0, 0.05) is 36.1 Å². The highest BCUT2D eigenvalue weighted by molar-refractivity contribution is 7.58. The summed E-state index contributed by atoms with van der Waals surface area (Å²) in [5.74, 6) is -0.237. The van der Waals surface area contributed by atoms with Crippen molar-refractivity contribution in [2.45, 2.75) is 26.4 Å². The molecule has 4 nitrogen and oxygen atoms in total. The second-order valence-electron chi connectivity index (χ2n) is 7.15. The zero-order chi connectivity index (χ0) is 19.9. The zero-order valence-corrected chi connectivity index (χ0v) is 17.7. The maximum atomic E-state index is 13.3. The molecule has 2 atom stereocenters. The van der Waals surface area contributed by atoms with Gasteiger partial charge in [0.05, 0.1) is 0 Å². The Hall–Kier alpha value is -1.61. The van der Waals surface area contributed by atoms with Gasteiger partial charge in [0.15, 0.2) is 0 Å². The highest BCUT2D eigenvalue weighted by atomic mass is 35.5. The average molecular weight is 408 g/mol. The molecule has 2 aromatic rings. The minimum absolute atomic E-state index is 0.142. The lowest BCUT2D eigenvalue weighted by Crippen LogP contribution is -2.27. The molecule has 0 aliphatic rings. The van der Waals surface area contributed by atoms with Crippen molar-refractivity contribution in [3.05, 3.63) is 65.2 Å². The fraction of sp³-hybridized carbons (Fsp3) is 0.381. The lowest BCUT2D eigenvalue weighted by molar-refractivity contribution is -0.119. The van der Waals surface area contributed by atoms with Crippen molar-refractivity contribution in [2.24, 2.45) is 11.8 Å². The molecule has 0 fully saturated rings. The van der Waals surface area contributed by atoms with Gasteiger partial charge in [-0.3, -0.25) is 9.36 Å². The van der Waals surface area contributed by atoms with Crippen molar-refractivity contribution < 1.29 is 13.9 Å². The van der Waals surface area contributed by atoms with E-state index in [2.05, 4.69) is 19.2 Å². The maximum absolute atomic E-state index is 13.3. The number of hydrogen-bond acceptors (Lipinski definition) is 3. The molecule has 2 unspecified atom stereocenters. The number of hydrogen-bond donors (Lipinski definition) is 1. The molecule has 0 heterocycles. The van der Waals surface area contributed by atoms with Crippen molar-refractivity contribution in [1.82, 2.24) is 0 Å². The Bertz CT molecular complexity index is 778. The Morgan fingerprint density at radius 1 is 1.11 bits per heavy atom. The van der Waals surface area contributed by atoms with E-state index in [1.807, 2.05) is 30.3 Å². The lowest BCUT2D eigenvalue weighted by Gasteiger charge is -2.24. The fourth-order valence-corrected chi connectivity index (χ4v) is 5.30. The minimum Gasteiger partial charge on any atom is -0.332 e. The van der Waals surface area contributed by atoms with E-state index < -0.39 is 13.3 Å². The van der Waals surface area contributed by atoms with Crippen LogP contribution in [0.25, 0.3) is 0 Å². The summed E-state index contributed by atoms with van der Waals surface area (Å²) in [6.07, 6.45) is 1.19. The minimum atomic E-state index is -2.98. The summed E-state index contributed by atoms with van der Waals surface area (Å²) in [5.41, 5.74) is 1.62. The van der Waals surface area contributed by atoms with Crippen molar-refractivity contribution in [1.29, 1.82) is 0 Å². The van der Waals surface area contributed by atoms with Gasteiger partial charge in [-0.05, 0) is 42.2 Å². The molecule has 6 heteroatoms. The second-order valence-corrected chi connectivity index (χ2v) is 10.3. The van der Waals surface area contributed by atoms with Crippen LogP contribution in [0, 0.1) is 11.8 Å².